The number of likely N-dealkylation sites (tertiary alicyclic amines) is 1. The van der Waals surface area contributed by atoms with E-state index in [-0.39, 0.29) is 24.3 Å². The predicted molar refractivity (Wildman–Crippen MR) is 92.2 cm³/mol. The lowest BCUT2D eigenvalue weighted by atomic mass is 10.1. The van der Waals surface area contributed by atoms with E-state index in [1.54, 1.807) is 4.90 Å². The fourth-order valence-electron chi connectivity index (χ4n) is 3.06. The number of aromatic nitrogens is 2. The van der Waals surface area contributed by atoms with Gasteiger partial charge in [0.25, 0.3) is 0 Å². The van der Waals surface area contributed by atoms with Crippen molar-refractivity contribution in [3.63, 3.8) is 0 Å². The van der Waals surface area contributed by atoms with Crippen molar-refractivity contribution in [3.05, 3.63) is 59.9 Å². The van der Waals surface area contributed by atoms with Gasteiger partial charge in [-0.25, -0.2) is 4.98 Å². The maximum Gasteiger partial charge on any atom is 0.417 e. The quantitative estimate of drug-likeness (QED) is 0.760. The molecule has 0 spiro atoms. The SMILES string of the molecule is O=C(Cc1c[nH]c2ccccc12)N1CC(Oc2ccc(C(F)(F)F)cn2)C1. The number of benzene rings is 1. The number of hydrogen-bond acceptors (Lipinski definition) is 3. The predicted octanol–water partition coefficient (Wildman–Crippen LogP) is 3.41. The highest BCUT2D eigenvalue weighted by Gasteiger charge is 2.34. The third-order valence-corrected chi connectivity index (χ3v) is 4.57. The van der Waals surface area contributed by atoms with E-state index in [1.165, 1.54) is 6.07 Å². The number of rotatable bonds is 4. The summed E-state index contributed by atoms with van der Waals surface area (Å²) in [5.74, 6) is 0.108. The van der Waals surface area contributed by atoms with Crippen LogP contribution in [0.3, 0.4) is 0 Å². The molecule has 5 nitrogen and oxygen atoms in total. The number of alkyl halides is 3. The van der Waals surface area contributed by atoms with Crippen molar-refractivity contribution < 1.29 is 22.7 Å². The zero-order chi connectivity index (χ0) is 19.0. The van der Waals surface area contributed by atoms with Crippen LogP contribution in [0, 0.1) is 0 Å². The summed E-state index contributed by atoms with van der Waals surface area (Å²) in [6.07, 6.45) is -1.82. The van der Waals surface area contributed by atoms with Gasteiger partial charge in [-0.2, -0.15) is 13.2 Å². The molecule has 0 bridgehead atoms. The van der Waals surface area contributed by atoms with Crippen molar-refractivity contribution in [2.45, 2.75) is 18.7 Å². The van der Waals surface area contributed by atoms with E-state index in [0.29, 0.717) is 13.1 Å². The van der Waals surface area contributed by atoms with Gasteiger partial charge in [0, 0.05) is 29.4 Å². The Morgan fingerprint density at radius 3 is 2.70 bits per heavy atom. The number of fused-ring (bicyclic) bond motifs is 1. The Morgan fingerprint density at radius 2 is 2.00 bits per heavy atom. The summed E-state index contributed by atoms with van der Waals surface area (Å²) in [6, 6.07) is 9.90. The second kappa shape index (κ2) is 6.61. The van der Waals surface area contributed by atoms with Gasteiger partial charge in [0.2, 0.25) is 11.8 Å². The fourth-order valence-corrected chi connectivity index (χ4v) is 3.06. The number of carbonyl (C=O) groups excluding carboxylic acids is 1. The molecule has 1 fully saturated rings. The number of nitrogens with zero attached hydrogens (tertiary/aromatic N) is 2. The van der Waals surface area contributed by atoms with Crippen LogP contribution in [0.4, 0.5) is 13.2 Å². The largest absolute Gasteiger partial charge is 0.471 e. The maximum absolute atomic E-state index is 12.5. The summed E-state index contributed by atoms with van der Waals surface area (Å²) in [4.78, 5) is 20.9. The first-order chi connectivity index (χ1) is 12.9. The Labute approximate surface area is 152 Å². The first-order valence-corrected chi connectivity index (χ1v) is 8.43. The van der Waals surface area contributed by atoms with Crippen molar-refractivity contribution >= 4 is 16.8 Å². The third kappa shape index (κ3) is 3.60. The van der Waals surface area contributed by atoms with Gasteiger partial charge in [-0.15, -0.1) is 0 Å². The molecule has 0 aliphatic carbocycles. The van der Waals surface area contributed by atoms with Crippen molar-refractivity contribution in [1.29, 1.82) is 0 Å². The molecule has 0 radical (unpaired) electrons. The van der Waals surface area contributed by atoms with Crippen LogP contribution in [0.15, 0.2) is 48.8 Å². The smallest absolute Gasteiger partial charge is 0.417 e. The van der Waals surface area contributed by atoms with Gasteiger partial charge in [-0.3, -0.25) is 4.79 Å². The molecule has 0 atom stereocenters. The van der Waals surface area contributed by atoms with Crippen LogP contribution in [0.2, 0.25) is 0 Å². The second-order valence-electron chi connectivity index (χ2n) is 6.46. The summed E-state index contributed by atoms with van der Waals surface area (Å²) in [7, 11) is 0. The lowest BCUT2D eigenvalue weighted by Gasteiger charge is -2.38. The topological polar surface area (TPSA) is 58.2 Å². The summed E-state index contributed by atoms with van der Waals surface area (Å²) >= 11 is 0. The minimum absolute atomic E-state index is 0.0139. The van der Waals surface area contributed by atoms with Crippen molar-refractivity contribution in [3.8, 4) is 5.88 Å². The lowest BCUT2D eigenvalue weighted by molar-refractivity contribution is -0.140. The Bertz CT molecular complexity index is 960. The third-order valence-electron chi connectivity index (χ3n) is 4.57. The Morgan fingerprint density at radius 1 is 1.22 bits per heavy atom. The highest BCUT2D eigenvalue weighted by molar-refractivity contribution is 5.89. The van der Waals surface area contributed by atoms with Gasteiger partial charge in [-0.05, 0) is 17.7 Å². The fraction of sp³-hybridized carbons (Fsp3) is 0.263. The van der Waals surface area contributed by atoms with Gasteiger partial charge in [0.1, 0.15) is 6.10 Å². The Kier molecular flexibility index (Phi) is 4.25. The standard InChI is InChI=1S/C19H16F3N3O2/c20-19(21,22)13-5-6-17(24-9-13)27-14-10-25(11-14)18(26)7-12-8-23-16-4-2-1-3-15(12)16/h1-6,8-9,14,23H,7,10-11H2. The molecule has 4 rings (SSSR count). The average molecular weight is 375 g/mol. The first-order valence-electron chi connectivity index (χ1n) is 8.43. The van der Waals surface area contributed by atoms with Crippen LogP contribution in [-0.2, 0) is 17.4 Å². The van der Waals surface area contributed by atoms with Crippen LogP contribution in [0.25, 0.3) is 10.9 Å². The molecule has 0 unspecified atom stereocenters. The minimum Gasteiger partial charge on any atom is -0.471 e. The highest BCUT2D eigenvalue weighted by Crippen LogP contribution is 2.29. The summed E-state index contributed by atoms with van der Waals surface area (Å²) in [5.41, 5.74) is 1.10. The molecule has 1 amide bonds. The molecule has 27 heavy (non-hydrogen) atoms. The van der Waals surface area contributed by atoms with Crippen LogP contribution < -0.4 is 4.74 Å². The molecule has 3 heterocycles. The number of hydrogen-bond donors (Lipinski definition) is 1. The number of pyridine rings is 1. The molecule has 0 saturated carbocycles. The summed E-state index contributed by atoms with van der Waals surface area (Å²) in [6.45, 7) is 0.785. The molecule has 1 saturated heterocycles. The van der Waals surface area contributed by atoms with Crippen LogP contribution in [0.5, 0.6) is 5.88 Å². The first kappa shape index (κ1) is 17.4. The van der Waals surface area contributed by atoms with Crippen molar-refractivity contribution in [2.75, 3.05) is 13.1 Å². The van der Waals surface area contributed by atoms with E-state index >= 15 is 0 Å². The Balaban J connectivity index is 1.31. The summed E-state index contributed by atoms with van der Waals surface area (Å²) < 4.78 is 43.1. The molecular weight excluding hydrogens is 359 g/mol. The van der Waals surface area contributed by atoms with E-state index < -0.39 is 11.7 Å². The number of H-pyrrole nitrogens is 1. The number of nitrogens with one attached hydrogen (secondary N) is 1. The van der Waals surface area contributed by atoms with Gasteiger partial charge < -0.3 is 14.6 Å². The van der Waals surface area contributed by atoms with Crippen LogP contribution in [0.1, 0.15) is 11.1 Å². The monoisotopic (exact) mass is 375 g/mol. The van der Waals surface area contributed by atoms with E-state index in [1.807, 2.05) is 30.5 Å². The minimum atomic E-state index is -4.42. The number of para-hydroxylation sites is 1. The van der Waals surface area contributed by atoms with Gasteiger partial charge in [0.15, 0.2) is 0 Å². The van der Waals surface area contributed by atoms with Gasteiger partial charge in [-0.1, -0.05) is 18.2 Å². The van der Waals surface area contributed by atoms with Crippen molar-refractivity contribution in [1.82, 2.24) is 14.9 Å². The molecule has 140 valence electrons. The number of ether oxygens (including phenoxy) is 1. The van der Waals surface area contributed by atoms with Gasteiger partial charge in [0.05, 0.1) is 25.1 Å². The zero-order valence-corrected chi connectivity index (χ0v) is 14.2. The molecule has 1 aromatic carbocycles. The normalized spacial score (nSPS) is 15.0. The average Bonchev–Trinajstić information content (AvgIpc) is 3.00. The molecule has 1 aliphatic heterocycles. The van der Waals surface area contributed by atoms with E-state index in [2.05, 4.69) is 9.97 Å². The molecule has 8 heteroatoms. The van der Waals surface area contributed by atoms with E-state index in [0.717, 1.165) is 28.7 Å². The number of carbonyl (C=O) groups is 1. The number of amides is 1. The number of halogens is 3. The van der Waals surface area contributed by atoms with Crippen LogP contribution in [-0.4, -0.2) is 40.0 Å². The van der Waals surface area contributed by atoms with Gasteiger partial charge >= 0.3 is 6.18 Å². The maximum atomic E-state index is 12.5. The highest BCUT2D eigenvalue weighted by atomic mass is 19.4. The van der Waals surface area contributed by atoms with Crippen molar-refractivity contribution in [2.24, 2.45) is 0 Å². The molecule has 1 N–H and O–H groups in total. The lowest BCUT2D eigenvalue weighted by Crippen LogP contribution is -2.56. The number of aromatic amines is 1. The Hall–Kier alpha value is -3.03. The van der Waals surface area contributed by atoms with E-state index in [9.17, 15) is 18.0 Å². The molecular formula is C19H16F3N3O2. The van der Waals surface area contributed by atoms with Crippen LogP contribution >= 0.6 is 0 Å². The second-order valence-corrected chi connectivity index (χ2v) is 6.46. The molecule has 3 aromatic rings. The summed E-state index contributed by atoms with van der Waals surface area (Å²) in [5, 5.41) is 1.02. The zero-order valence-electron chi connectivity index (χ0n) is 14.2. The molecule has 2 aromatic heterocycles. The van der Waals surface area contributed by atoms with E-state index in [4.69, 9.17) is 4.74 Å². The molecule has 1 aliphatic rings.